The third-order valence-electron chi connectivity index (χ3n) is 3.69. The molecule has 1 aromatic heterocycles. The van der Waals surface area contributed by atoms with Gasteiger partial charge in [-0.2, -0.15) is 0 Å². The van der Waals surface area contributed by atoms with E-state index in [1.807, 2.05) is 0 Å². The molecule has 0 spiro atoms. The predicted molar refractivity (Wildman–Crippen MR) is 88.4 cm³/mol. The first-order valence-electron chi connectivity index (χ1n) is 7.68. The molecule has 0 aliphatic carbocycles. The van der Waals surface area contributed by atoms with E-state index in [-0.39, 0.29) is 0 Å². The van der Waals surface area contributed by atoms with Gasteiger partial charge >= 0.3 is 0 Å². The van der Waals surface area contributed by atoms with Crippen LogP contribution >= 0.6 is 0 Å². The lowest BCUT2D eigenvalue weighted by Gasteiger charge is -2.08. The monoisotopic (exact) mass is 283 g/mol. The molecule has 1 aromatic carbocycles. The number of hydrogen-bond donors (Lipinski definition) is 1. The Kier molecular flexibility index (Phi) is 5.45. The van der Waals surface area contributed by atoms with Gasteiger partial charge in [0.15, 0.2) is 0 Å². The third-order valence-corrected chi connectivity index (χ3v) is 3.69. The van der Waals surface area contributed by atoms with E-state index < -0.39 is 0 Å². The largest absolute Gasteiger partial charge is 0.315 e. The van der Waals surface area contributed by atoms with E-state index in [1.54, 1.807) is 6.33 Å². The number of aromatic nitrogens is 2. The molecule has 0 saturated heterocycles. The van der Waals surface area contributed by atoms with E-state index in [4.69, 9.17) is 0 Å². The minimum absolute atomic E-state index is 0.543. The lowest BCUT2D eigenvalue weighted by Crippen LogP contribution is -2.24. The van der Waals surface area contributed by atoms with Crippen molar-refractivity contribution in [2.45, 2.75) is 46.6 Å². The zero-order chi connectivity index (χ0) is 15.2. The quantitative estimate of drug-likeness (QED) is 0.822. The van der Waals surface area contributed by atoms with Crippen molar-refractivity contribution >= 4 is 0 Å². The van der Waals surface area contributed by atoms with Gasteiger partial charge < -0.3 is 5.32 Å². The highest BCUT2D eigenvalue weighted by atomic mass is 14.9. The summed E-state index contributed by atoms with van der Waals surface area (Å²) in [6, 6.07) is 9.14. The summed E-state index contributed by atoms with van der Waals surface area (Å²) in [6.07, 6.45) is 3.76. The first-order chi connectivity index (χ1) is 10.1. The van der Waals surface area contributed by atoms with Crippen LogP contribution in [0.1, 0.15) is 37.1 Å². The molecule has 0 atom stereocenters. The highest BCUT2D eigenvalue weighted by Crippen LogP contribution is 2.20. The molecular weight excluding hydrogens is 258 g/mol. The summed E-state index contributed by atoms with van der Waals surface area (Å²) < 4.78 is 0. The van der Waals surface area contributed by atoms with Gasteiger partial charge in [-0.3, -0.25) is 0 Å². The summed E-state index contributed by atoms with van der Waals surface area (Å²) in [5.41, 5.74) is 5.91. The molecule has 0 aliphatic heterocycles. The van der Waals surface area contributed by atoms with Gasteiger partial charge in [-0.05, 0) is 56.5 Å². The van der Waals surface area contributed by atoms with Gasteiger partial charge in [-0.25, -0.2) is 9.97 Å². The summed E-state index contributed by atoms with van der Waals surface area (Å²) in [6.45, 7) is 9.64. The molecule has 0 saturated carbocycles. The van der Waals surface area contributed by atoms with Crippen molar-refractivity contribution in [3.8, 4) is 11.3 Å². The lowest BCUT2D eigenvalue weighted by molar-refractivity contribution is 0.568. The molecule has 0 unspecified atom stereocenters. The van der Waals surface area contributed by atoms with Crippen molar-refractivity contribution in [1.29, 1.82) is 0 Å². The maximum Gasteiger partial charge on any atom is 0.116 e. The zero-order valence-electron chi connectivity index (χ0n) is 13.5. The molecular formula is C18H25N3. The topological polar surface area (TPSA) is 37.8 Å². The lowest BCUT2D eigenvalue weighted by atomic mass is 10.0. The summed E-state index contributed by atoms with van der Waals surface area (Å²) in [4.78, 5) is 8.79. The smallest absolute Gasteiger partial charge is 0.116 e. The van der Waals surface area contributed by atoms with Crippen molar-refractivity contribution < 1.29 is 0 Å². The Morgan fingerprint density at radius 1 is 1.05 bits per heavy atom. The molecule has 21 heavy (non-hydrogen) atoms. The van der Waals surface area contributed by atoms with Crippen LogP contribution < -0.4 is 5.32 Å². The molecule has 0 bridgehead atoms. The van der Waals surface area contributed by atoms with Crippen molar-refractivity contribution in [2.75, 3.05) is 6.54 Å². The molecule has 2 aromatic rings. The third kappa shape index (κ3) is 4.64. The van der Waals surface area contributed by atoms with Gasteiger partial charge in [-0.1, -0.05) is 26.0 Å². The Morgan fingerprint density at radius 3 is 2.57 bits per heavy atom. The molecule has 0 fully saturated rings. The van der Waals surface area contributed by atoms with Crippen LogP contribution in [0.3, 0.4) is 0 Å². The van der Waals surface area contributed by atoms with Crippen molar-refractivity contribution in [2.24, 2.45) is 0 Å². The zero-order valence-corrected chi connectivity index (χ0v) is 13.5. The van der Waals surface area contributed by atoms with Gasteiger partial charge in [0.25, 0.3) is 0 Å². The highest BCUT2D eigenvalue weighted by Gasteiger charge is 2.04. The van der Waals surface area contributed by atoms with Crippen LogP contribution in [-0.4, -0.2) is 22.6 Å². The van der Waals surface area contributed by atoms with Gasteiger partial charge in [0, 0.05) is 17.3 Å². The minimum atomic E-state index is 0.543. The van der Waals surface area contributed by atoms with E-state index in [1.165, 1.54) is 16.7 Å². The Balaban J connectivity index is 2.05. The standard InChI is InChI=1S/C18H25N3/c1-13(2)19-9-5-6-17-11-18(21-12-20-17)16-8-7-14(3)15(4)10-16/h7-8,10-13,19H,5-6,9H2,1-4H3. The molecule has 0 aliphatic rings. The van der Waals surface area contributed by atoms with E-state index in [0.29, 0.717) is 6.04 Å². The van der Waals surface area contributed by atoms with Gasteiger partial charge in [0.05, 0.1) is 5.69 Å². The second-order valence-electron chi connectivity index (χ2n) is 5.91. The van der Waals surface area contributed by atoms with Crippen LogP contribution in [0.4, 0.5) is 0 Å². The predicted octanol–water partition coefficient (Wildman–Crippen LogP) is 3.69. The SMILES string of the molecule is Cc1ccc(-c2cc(CCCNC(C)C)ncn2)cc1C. The highest BCUT2D eigenvalue weighted by molar-refractivity contribution is 5.60. The Bertz CT molecular complexity index is 591. The number of aryl methyl sites for hydroxylation is 3. The van der Waals surface area contributed by atoms with Gasteiger partial charge in [0.2, 0.25) is 0 Å². The van der Waals surface area contributed by atoms with Crippen LogP contribution in [0.25, 0.3) is 11.3 Å². The summed E-state index contributed by atoms with van der Waals surface area (Å²) in [5.74, 6) is 0. The Hall–Kier alpha value is -1.74. The number of rotatable bonds is 6. The summed E-state index contributed by atoms with van der Waals surface area (Å²) >= 11 is 0. The van der Waals surface area contributed by atoms with Crippen molar-refractivity contribution in [3.63, 3.8) is 0 Å². The second kappa shape index (κ2) is 7.32. The fourth-order valence-corrected chi connectivity index (χ4v) is 2.25. The average molecular weight is 283 g/mol. The van der Waals surface area contributed by atoms with Crippen LogP contribution in [0, 0.1) is 13.8 Å². The average Bonchev–Trinajstić information content (AvgIpc) is 2.47. The minimum Gasteiger partial charge on any atom is -0.315 e. The van der Waals surface area contributed by atoms with Crippen molar-refractivity contribution in [1.82, 2.24) is 15.3 Å². The van der Waals surface area contributed by atoms with Crippen LogP contribution in [0.15, 0.2) is 30.6 Å². The van der Waals surface area contributed by atoms with Crippen molar-refractivity contribution in [3.05, 3.63) is 47.4 Å². The molecule has 0 amide bonds. The van der Waals surface area contributed by atoms with E-state index in [0.717, 1.165) is 30.8 Å². The van der Waals surface area contributed by atoms with Crippen LogP contribution in [0.2, 0.25) is 0 Å². The van der Waals surface area contributed by atoms with Crippen LogP contribution in [-0.2, 0) is 6.42 Å². The summed E-state index contributed by atoms with van der Waals surface area (Å²) in [7, 11) is 0. The Labute approximate surface area is 127 Å². The molecule has 0 radical (unpaired) electrons. The maximum atomic E-state index is 4.41. The normalized spacial score (nSPS) is 11.1. The molecule has 1 N–H and O–H groups in total. The first kappa shape index (κ1) is 15.6. The van der Waals surface area contributed by atoms with E-state index in [9.17, 15) is 0 Å². The fraction of sp³-hybridized carbons (Fsp3) is 0.444. The van der Waals surface area contributed by atoms with Gasteiger partial charge in [-0.15, -0.1) is 0 Å². The maximum absolute atomic E-state index is 4.41. The van der Waals surface area contributed by atoms with Crippen LogP contribution in [0.5, 0.6) is 0 Å². The van der Waals surface area contributed by atoms with Gasteiger partial charge in [0.1, 0.15) is 6.33 Å². The molecule has 2 rings (SSSR count). The second-order valence-corrected chi connectivity index (χ2v) is 5.91. The number of nitrogens with one attached hydrogen (secondary N) is 1. The number of nitrogens with zero attached hydrogens (tertiary/aromatic N) is 2. The number of hydrogen-bond acceptors (Lipinski definition) is 3. The van der Waals surface area contributed by atoms with E-state index >= 15 is 0 Å². The Morgan fingerprint density at radius 2 is 1.86 bits per heavy atom. The summed E-state index contributed by atoms with van der Waals surface area (Å²) in [5, 5.41) is 3.43. The molecule has 1 heterocycles. The molecule has 112 valence electrons. The molecule has 3 heteroatoms. The fourth-order valence-electron chi connectivity index (χ4n) is 2.25. The van der Waals surface area contributed by atoms with E-state index in [2.05, 4.69) is 67.2 Å². The molecule has 3 nitrogen and oxygen atoms in total. The first-order valence-corrected chi connectivity index (χ1v) is 7.68. The number of benzene rings is 1.